The minimum absolute atomic E-state index is 0.303. The van der Waals surface area contributed by atoms with Crippen molar-refractivity contribution in [3.8, 4) is 0 Å². The molecule has 0 heterocycles. The van der Waals surface area contributed by atoms with E-state index < -0.39 is 0 Å². The fourth-order valence-corrected chi connectivity index (χ4v) is 2.60. The average Bonchev–Trinajstić information content (AvgIpc) is 2.90. The number of allylic oxidation sites excluding steroid dienone is 1. The largest absolute Gasteiger partial charge is 0.389 e. The second kappa shape index (κ2) is 6.44. The molecule has 0 aromatic rings. The fraction of sp³-hybridized carbons (Fsp3) is 0.867. The van der Waals surface area contributed by atoms with E-state index in [1.165, 1.54) is 38.5 Å². The molecule has 0 radical (unpaired) electrons. The Morgan fingerprint density at radius 3 is 2.44 bits per heavy atom. The Kier molecular flexibility index (Phi) is 5.54. The highest BCUT2D eigenvalue weighted by atomic mass is 16.3. The Labute approximate surface area is 101 Å². The highest BCUT2D eigenvalue weighted by Crippen LogP contribution is 2.51. The van der Waals surface area contributed by atoms with Crippen LogP contribution in [0.1, 0.15) is 65.2 Å². The third-order valence-electron chi connectivity index (χ3n) is 4.08. The van der Waals surface area contributed by atoms with Crippen LogP contribution in [0.4, 0.5) is 0 Å². The maximum Gasteiger partial charge on any atom is 0.0703 e. The Morgan fingerprint density at radius 1 is 1.25 bits per heavy atom. The van der Waals surface area contributed by atoms with E-state index in [1.807, 2.05) is 6.08 Å². The topological polar surface area (TPSA) is 20.2 Å². The van der Waals surface area contributed by atoms with Gasteiger partial charge in [0.2, 0.25) is 0 Å². The Bertz CT molecular complexity index is 209. The van der Waals surface area contributed by atoms with Gasteiger partial charge in [0.25, 0.3) is 0 Å². The summed E-state index contributed by atoms with van der Waals surface area (Å²) in [5, 5.41) is 10.1. The predicted octanol–water partition coefficient (Wildman–Crippen LogP) is 4.31. The monoisotopic (exact) mass is 224 g/mol. The highest BCUT2D eigenvalue weighted by molar-refractivity contribution is 5.04. The lowest BCUT2D eigenvalue weighted by molar-refractivity contribution is 0.0796. The van der Waals surface area contributed by atoms with Gasteiger partial charge in [0.1, 0.15) is 0 Å². The molecule has 0 aliphatic heterocycles. The van der Waals surface area contributed by atoms with Crippen LogP contribution in [-0.4, -0.2) is 10.7 Å². The summed E-state index contributed by atoms with van der Waals surface area (Å²) in [4.78, 5) is 0. The highest BCUT2D eigenvalue weighted by Gasteiger charge is 2.53. The molecule has 94 valence electrons. The Morgan fingerprint density at radius 2 is 1.88 bits per heavy atom. The first-order chi connectivity index (χ1) is 7.61. The molecule has 16 heavy (non-hydrogen) atoms. The van der Waals surface area contributed by atoms with Crippen molar-refractivity contribution in [1.82, 2.24) is 0 Å². The molecule has 1 rings (SSSR count). The van der Waals surface area contributed by atoms with Crippen molar-refractivity contribution in [2.24, 2.45) is 11.8 Å². The van der Waals surface area contributed by atoms with Gasteiger partial charge < -0.3 is 5.11 Å². The van der Waals surface area contributed by atoms with Crippen LogP contribution in [0.15, 0.2) is 12.7 Å². The second-order valence-corrected chi connectivity index (χ2v) is 5.68. The van der Waals surface area contributed by atoms with E-state index in [4.69, 9.17) is 0 Å². The van der Waals surface area contributed by atoms with Gasteiger partial charge in [0.15, 0.2) is 0 Å². The molecule has 0 spiro atoms. The summed E-state index contributed by atoms with van der Waals surface area (Å²) in [6.45, 7) is 8.00. The second-order valence-electron chi connectivity index (χ2n) is 5.68. The van der Waals surface area contributed by atoms with Crippen LogP contribution >= 0.6 is 0 Å². The van der Waals surface area contributed by atoms with Crippen LogP contribution in [0.3, 0.4) is 0 Å². The smallest absolute Gasteiger partial charge is 0.0703 e. The summed E-state index contributed by atoms with van der Waals surface area (Å²) in [7, 11) is 0. The number of rotatable bonds is 9. The van der Waals surface area contributed by atoms with Crippen LogP contribution in [0.5, 0.6) is 0 Å². The lowest BCUT2D eigenvalue weighted by Gasteiger charge is -2.14. The number of unbranched alkanes of at least 4 members (excludes halogenated alkanes) is 5. The van der Waals surface area contributed by atoms with Gasteiger partial charge in [-0.05, 0) is 37.5 Å². The molecule has 1 N–H and O–H groups in total. The van der Waals surface area contributed by atoms with Gasteiger partial charge in [-0.15, -0.1) is 6.58 Å². The van der Waals surface area contributed by atoms with Gasteiger partial charge in [0.05, 0.1) is 5.60 Å². The molecule has 1 heteroatoms. The SMILES string of the molecule is C=CCCCCCCC[C@@H]1C[C@]1(O)C(C)C. The van der Waals surface area contributed by atoms with Crippen molar-refractivity contribution in [1.29, 1.82) is 0 Å². The Balaban J connectivity index is 1.92. The van der Waals surface area contributed by atoms with E-state index in [0.29, 0.717) is 11.8 Å². The minimum atomic E-state index is -0.303. The molecule has 0 saturated heterocycles. The molecule has 0 amide bonds. The molecule has 0 aromatic heterocycles. The Hall–Kier alpha value is -0.300. The molecule has 2 atom stereocenters. The molecule has 1 fully saturated rings. The van der Waals surface area contributed by atoms with Crippen LogP contribution in [-0.2, 0) is 0 Å². The lowest BCUT2D eigenvalue weighted by Crippen LogP contribution is -2.19. The van der Waals surface area contributed by atoms with E-state index in [9.17, 15) is 5.11 Å². The molecule has 1 aliphatic carbocycles. The summed E-state index contributed by atoms with van der Waals surface area (Å²) in [6, 6.07) is 0. The van der Waals surface area contributed by atoms with Crippen molar-refractivity contribution in [3.63, 3.8) is 0 Å². The van der Waals surface area contributed by atoms with E-state index >= 15 is 0 Å². The number of aliphatic hydroxyl groups is 1. The molecule has 1 aliphatic rings. The van der Waals surface area contributed by atoms with Gasteiger partial charge in [-0.25, -0.2) is 0 Å². The van der Waals surface area contributed by atoms with Crippen LogP contribution < -0.4 is 0 Å². The van der Waals surface area contributed by atoms with Crippen molar-refractivity contribution >= 4 is 0 Å². The van der Waals surface area contributed by atoms with Crippen LogP contribution in [0.2, 0.25) is 0 Å². The van der Waals surface area contributed by atoms with Crippen molar-refractivity contribution in [2.45, 2.75) is 70.8 Å². The summed E-state index contributed by atoms with van der Waals surface area (Å²) >= 11 is 0. The third-order valence-corrected chi connectivity index (χ3v) is 4.08. The summed E-state index contributed by atoms with van der Waals surface area (Å²) in [5.41, 5.74) is -0.303. The first kappa shape index (κ1) is 13.8. The van der Waals surface area contributed by atoms with Gasteiger partial charge in [-0.2, -0.15) is 0 Å². The summed E-state index contributed by atoms with van der Waals surface area (Å²) in [5.74, 6) is 1.03. The molecular formula is C15H28O. The average molecular weight is 224 g/mol. The van der Waals surface area contributed by atoms with Gasteiger partial charge in [0, 0.05) is 0 Å². The van der Waals surface area contributed by atoms with E-state index in [0.717, 1.165) is 12.8 Å². The zero-order valence-corrected chi connectivity index (χ0v) is 11.0. The molecular weight excluding hydrogens is 196 g/mol. The number of hydrogen-bond acceptors (Lipinski definition) is 1. The lowest BCUT2D eigenvalue weighted by atomic mass is 9.99. The zero-order chi connectivity index (χ0) is 12.0. The van der Waals surface area contributed by atoms with Crippen LogP contribution in [0, 0.1) is 11.8 Å². The zero-order valence-electron chi connectivity index (χ0n) is 11.0. The molecule has 0 bridgehead atoms. The molecule has 0 aromatic carbocycles. The standard InChI is InChI=1S/C15H28O/c1-4-5-6-7-8-9-10-11-14-12-15(14,16)13(2)3/h4,13-14,16H,1,5-12H2,2-3H3/t14-,15+/m1/s1. The summed E-state index contributed by atoms with van der Waals surface area (Å²) in [6.07, 6.45) is 12.1. The quantitative estimate of drug-likeness (QED) is 0.457. The van der Waals surface area contributed by atoms with E-state index in [1.54, 1.807) is 0 Å². The third kappa shape index (κ3) is 3.93. The minimum Gasteiger partial charge on any atom is -0.389 e. The molecule has 1 saturated carbocycles. The van der Waals surface area contributed by atoms with Crippen molar-refractivity contribution < 1.29 is 5.11 Å². The van der Waals surface area contributed by atoms with E-state index in [2.05, 4.69) is 20.4 Å². The molecule has 1 nitrogen and oxygen atoms in total. The van der Waals surface area contributed by atoms with Gasteiger partial charge in [-0.1, -0.05) is 45.6 Å². The van der Waals surface area contributed by atoms with Gasteiger partial charge in [-0.3, -0.25) is 0 Å². The van der Waals surface area contributed by atoms with Crippen LogP contribution in [0.25, 0.3) is 0 Å². The fourth-order valence-electron chi connectivity index (χ4n) is 2.60. The molecule has 0 unspecified atom stereocenters. The number of hydrogen-bond donors (Lipinski definition) is 1. The maximum absolute atomic E-state index is 10.1. The predicted molar refractivity (Wildman–Crippen MR) is 70.4 cm³/mol. The summed E-state index contributed by atoms with van der Waals surface area (Å²) < 4.78 is 0. The first-order valence-electron chi connectivity index (χ1n) is 6.94. The van der Waals surface area contributed by atoms with Gasteiger partial charge >= 0.3 is 0 Å². The van der Waals surface area contributed by atoms with E-state index in [-0.39, 0.29) is 5.60 Å². The normalized spacial score (nSPS) is 28.4. The maximum atomic E-state index is 10.1. The van der Waals surface area contributed by atoms with Crippen molar-refractivity contribution in [3.05, 3.63) is 12.7 Å². The first-order valence-corrected chi connectivity index (χ1v) is 6.94. The van der Waals surface area contributed by atoms with Crippen molar-refractivity contribution in [2.75, 3.05) is 0 Å².